The molecule has 0 saturated carbocycles. The number of thiophene rings is 1. The molecule has 2 aromatic heterocycles. The molecule has 0 bridgehead atoms. The van der Waals surface area contributed by atoms with E-state index >= 15 is 0 Å². The van der Waals surface area contributed by atoms with Crippen molar-refractivity contribution in [2.45, 2.75) is 13.0 Å². The van der Waals surface area contributed by atoms with Gasteiger partial charge in [0, 0.05) is 37.8 Å². The maximum absolute atomic E-state index is 4.22. The van der Waals surface area contributed by atoms with Crippen LogP contribution in [0.15, 0.2) is 41.4 Å². The second-order valence-electron chi connectivity index (χ2n) is 6.16. The average molecular weight is 285 g/mol. The molecule has 2 saturated heterocycles. The Bertz CT molecular complexity index is 561. The van der Waals surface area contributed by atoms with Crippen molar-refractivity contribution in [3.63, 3.8) is 0 Å². The van der Waals surface area contributed by atoms with Gasteiger partial charge in [0.1, 0.15) is 0 Å². The zero-order valence-electron chi connectivity index (χ0n) is 11.5. The topological polar surface area (TPSA) is 19.4 Å². The van der Waals surface area contributed by atoms with Gasteiger partial charge >= 0.3 is 0 Å². The Labute approximate surface area is 123 Å². The van der Waals surface area contributed by atoms with Gasteiger partial charge in [-0.1, -0.05) is 0 Å². The molecule has 2 aliphatic heterocycles. The van der Waals surface area contributed by atoms with Gasteiger partial charge in [0.05, 0.1) is 11.9 Å². The number of rotatable bonds is 3. The lowest BCUT2D eigenvalue weighted by Crippen LogP contribution is -2.57. The van der Waals surface area contributed by atoms with E-state index in [0.29, 0.717) is 5.41 Å². The monoisotopic (exact) mass is 285 g/mol. The molecular weight excluding hydrogens is 266 g/mol. The summed E-state index contributed by atoms with van der Waals surface area (Å²) < 4.78 is 0. The molecule has 0 N–H and O–H groups in total. The smallest absolute Gasteiger partial charge is 0.0553 e. The Morgan fingerprint density at radius 3 is 2.95 bits per heavy atom. The quantitative estimate of drug-likeness (QED) is 0.864. The van der Waals surface area contributed by atoms with Crippen molar-refractivity contribution in [1.82, 2.24) is 9.88 Å². The van der Waals surface area contributed by atoms with Gasteiger partial charge in [-0.05, 0) is 47.5 Å². The lowest BCUT2D eigenvalue weighted by molar-refractivity contribution is 0.202. The molecule has 2 aromatic rings. The lowest BCUT2D eigenvalue weighted by atomic mass is 9.79. The molecule has 1 spiro atoms. The van der Waals surface area contributed by atoms with Gasteiger partial charge < -0.3 is 4.90 Å². The van der Waals surface area contributed by atoms with Crippen molar-refractivity contribution in [2.24, 2.45) is 5.41 Å². The van der Waals surface area contributed by atoms with Crippen LogP contribution in [0.4, 0.5) is 5.69 Å². The van der Waals surface area contributed by atoms with Crippen LogP contribution in [0, 0.1) is 5.41 Å². The number of hydrogen-bond donors (Lipinski definition) is 0. The van der Waals surface area contributed by atoms with Crippen LogP contribution in [0.25, 0.3) is 0 Å². The maximum Gasteiger partial charge on any atom is 0.0553 e. The molecule has 20 heavy (non-hydrogen) atoms. The first-order chi connectivity index (χ1) is 9.83. The highest BCUT2D eigenvalue weighted by Gasteiger charge is 2.47. The molecule has 0 radical (unpaired) electrons. The minimum Gasteiger partial charge on any atom is -0.369 e. The van der Waals surface area contributed by atoms with Crippen molar-refractivity contribution in [3.05, 3.63) is 46.9 Å². The van der Waals surface area contributed by atoms with E-state index in [1.807, 2.05) is 18.5 Å². The predicted molar refractivity (Wildman–Crippen MR) is 83.1 cm³/mol. The van der Waals surface area contributed by atoms with Gasteiger partial charge in [-0.2, -0.15) is 11.3 Å². The Kier molecular flexibility index (Phi) is 3.00. The molecule has 4 rings (SSSR count). The summed E-state index contributed by atoms with van der Waals surface area (Å²) in [6.07, 6.45) is 5.16. The van der Waals surface area contributed by atoms with E-state index in [-0.39, 0.29) is 0 Å². The fourth-order valence-electron chi connectivity index (χ4n) is 3.55. The van der Waals surface area contributed by atoms with Gasteiger partial charge in [0.15, 0.2) is 0 Å². The number of pyridine rings is 1. The van der Waals surface area contributed by atoms with Crippen molar-refractivity contribution < 1.29 is 0 Å². The molecule has 4 heterocycles. The van der Waals surface area contributed by atoms with Crippen LogP contribution < -0.4 is 4.90 Å². The van der Waals surface area contributed by atoms with Crippen molar-refractivity contribution in [3.8, 4) is 0 Å². The van der Waals surface area contributed by atoms with Crippen molar-refractivity contribution in [2.75, 3.05) is 31.1 Å². The Hall–Kier alpha value is -1.39. The Morgan fingerprint density at radius 1 is 1.25 bits per heavy atom. The summed E-state index contributed by atoms with van der Waals surface area (Å²) in [7, 11) is 0. The highest BCUT2D eigenvalue weighted by molar-refractivity contribution is 7.07. The second kappa shape index (κ2) is 4.86. The summed E-state index contributed by atoms with van der Waals surface area (Å²) in [5, 5.41) is 4.45. The van der Waals surface area contributed by atoms with E-state index in [1.165, 1.54) is 43.9 Å². The van der Waals surface area contributed by atoms with Gasteiger partial charge in [0.25, 0.3) is 0 Å². The molecule has 0 amide bonds. The van der Waals surface area contributed by atoms with Crippen LogP contribution >= 0.6 is 11.3 Å². The zero-order valence-corrected chi connectivity index (χ0v) is 12.4. The summed E-state index contributed by atoms with van der Waals surface area (Å²) in [6.45, 7) is 6.01. The van der Waals surface area contributed by atoms with Crippen LogP contribution in [0.1, 0.15) is 12.0 Å². The van der Waals surface area contributed by atoms with Crippen LogP contribution in [-0.2, 0) is 6.54 Å². The number of aromatic nitrogens is 1. The number of hydrogen-bond acceptors (Lipinski definition) is 4. The summed E-state index contributed by atoms with van der Waals surface area (Å²) in [5.74, 6) is 0. The van der Waals surface area contributed by atoms with E-state index in [0.717, 1.165) is 6.54 Å². The summed E-state index contributed by atoms with van der Waals surface area (Å²) in [4.78, 5) is 9.29. The van der Waals surface area contributed by atoms with Crippen LogP contribution in [0.5, 0.6) is 0 Å². The minimum absolute atomic E-state index is 0.534. The van der Waals surface area contributed by atoms with Gasteiger partial charge in [0.2, 0.25) is 0 Å². The van der Waals surface area contributed by atoms with Gasteiger partial charge in [-0.3, -0.25) is 9.88 Å². The standard InChI is InChI=1S/C16H19N3S/c1-2-15(8-17-5-1)19-12-16(13-19)4-6-18(11-16)9-14-3-7-20-10-14/h1-3,5,7-8,10H,4,6,9,11-13H2. The second-order valence-corrected chi connectivity index (χ2v) is 6.94. The number of anilines is 1. The van der Waals surface area contributed by atoms with E-state index < -0.39 is 0 Å². The molecule has 0 unspecified atom stereocenters. The van der Waals surface area contributed by atoms with Crippen LogP contribution in [0.3, 0.4) is 0 Å². The van der Waals surface area contributed by atoms with Gasteiger partial charge in [-0.15, -0.1) is 0 Å². The molecule has 3 nitrogen and oxygen atoms in total. The number of nitrogens with zero attached hydrogens (tertiary/aromatic N) is 3. The first-order valence-corrected chi connectivity index (χ1v) is 8.16. The Balaban J connectivity index is 1.36. The van der Waals surface area contributed by atoms with Crippen LogP contribution in [-0.4, -0.2) is 36.1 Å². The first-order valence-electron chi connectivity index (χ1n) is 7.22. The lowest BCUT2D eigenvalue weighted by Gasteiger charge is -2.49. The average Bonchev–Trinajstić information content (AvgIpc) is 3.08. The largest absolute Gasteiger partial charge is 0.369 e. The maximum atomic E-state index is 4.22. The van der Waals surface area contributed by atoms with Crippen molar-refractivity contribution >= 4 is 17.0 Å². The molecule has 2 aliphatic rings. The minimum atomic E-state index is 0.534. The molecule has 4 heteroatoms. The van der Waals surface area contributed by atoms with Crippen LogP contribution in [0.2, 0.25) is 0 Å². The molecule has 0 aromatic carbocycles. The van der Waals surface area contributed by atoms with E-state index in [4.69, 9.17) is 0 Å². The SMILES string of the molecule is c1cncc(N2CC3(CCN(Cc4ccsc4)C3)C2)c1. The molecular formula is C16H19N3S. The highest BCUT2D eigenvalue weighted by atomic mass is 32.1. The number of likely N-dealkylation sites (tertiary alicyclic amines) is 1. The summed E-state index contributed by atoms with van der Waals surface area (Å²) in [5.41, 5.74) is 3.27. The predicted octanol–water partition coefficient (Wildman–Crippen LogP) is 2.86. The molecule has 0 atom stereocenters. The third-order valence-electron chi connectivity index (χ3n) is 4.57. The van der Waals surface area contributed by atoms with E-state index in [1.54, 1.807) is 11.3 Å². The molecule has 2 fully saturated rings. The zero-order chi connectivity index (χ0) is 13.4. The fraction of sp³-hybridized carbons (Fsp3) is 0.438. The molecule has 104 valence electrons. The third-order valence-corrected chi connectivity index (χ3v) is 5.30. The van der Waals surface area contributed by atoms with Gasteiger partial charge in [-0.25, -0.2) is 0 Å². The fourth-order valence-corrected chi connectivity index (χ4v) is 4.21. The van der Waals surface area contributed by atoms with E-state index in [2.05, 4.69) is 37.7 Å². The molecule has 0 aliphatic carbocycles. The van der Waals surface area contributed by atoms with Crippen molar-refractivity contribution in [1.29, 1.82) is 0 Å². The first kappa shape index (κ1) is 12.4. The van der Waals surface area contributed by atoms with E-state index in [9.17, 15) is 0 Å². The summed E-state index contributed by atoms with van der Waals surface area (Å²) in [6, 6.07) is 6.44. The Morgan fingerprint density at radius 2 is 2.20 bits per heavy atom. The third kappa shape index (κ3) is 2.23. The highest BCUT2D eigenvalue weighted by Crippen LogP contribution is 2.41. The normalized spacial score (nSPS) is 21.3. The summed E-state index contributed by atoms with van der Waals surface area (Å²) >= 11 is 1.80.